The van der Waals surface area contributed by atoms with Crippen LogP contribution < -0.4 is 16.0 Å². The van der Waals surface area contributed by atoms with Gasteiger partial charge in [-0.1, -0.05) is 18.2 Å². The third kappa shape index (κ3) is 4.43. The second-order valence-corrected chi connectivity index (χ2v) is 9.15. The minimum absolute atomic E-state index is 0.0343. The van der Waals surface area contributed by atoms with Crippen LogP contribution in [0.15, 0.2) is 36.5 Å². The predicted octanol–water partition coefficient (Wildman–Crippen LogP) is 2.94. The van der Waals surface area contributed by atoms with Gasteiger partial charge in [-0.15, -0.1) is 0 Å². The van der Waals surface area contributed by atoms with Gasteiger partial charge in [0.05, 0.1) is 12.1 Å². The lowest BCUT2D eigenvalue weighted by atomic mass is 9.97. The molecule has 1 saturated heterocycles. The zero-order chi connectivity index (χ0) is 23.7. The van der Waals surface area contributed by atoms with Crippen molar-refractivity contribution in [3.8, 4) is 0 Å². The van der Waals surface area contributed by atoms with Gasteiger partial charge in [0.2, 0.25) is 11.9 Å². The second kappa shape index (κ2) is 9.34. The number of hydrogen-bond acceptors (Lipinski definition) is 7. The molecule has 5 rings (SSSR count). The molecule has 34 heavy (non-hydrogen) atoms. The number of carbonyl (C=O) groups is 2. The molecule has 2 aromatic heterocycles. The Balaban J connectivity index is 1.41. The number of piperidine rings is 1. The number of para-hydroxylation sites is 1. The number of nitrogens with one attached hydrogen (secondary N) is 3. The molecule has 0 radical (unpaired) electrons. The number of carbonyl (C=O) groups excluding carboxylic acids is 2. The molecule has 0 aliphatic carbocycles. The number of rotatable bonds is 6. The lowest BCUT2D eigenvalue weighted by molar-refractivity contribution is -0.120. The lowest BCUT2D eigenvalue weighted by Crippen LogP contribution is -2.35. The normalized spacial score (nSPS) is 16.2. The number of fused-ring (bicyclic) bond motifs is 2. The Bertz CT molecular complexity index is 1240. The first-order valence-electron chi connectivity index (χ1n) is 11.8. The van der Waals surface area contributed by atoms with Crippen LogP contribution in [0.2, 0.25) is 0 Å². The number of pyridine rings is 1. The van der Waals surface area contributed by atoms with E-state index in [1.54, 1.807) is 4.90 Å². The zero-order valence-electron chi connectivity index (χ0n) is 19.5. The molecule has 4 heterocycles. The van der Waals surface area contributed by atoms with Gasteiger partial charge in [-0.2, -0.15) is 4.98 Å². The molecule has 3 aromatic rings. The number of amides is 2. The average Bonchev–Trinajstić information content (AvgIpc) is 3.19. The summed E-state index contributed by atoms with van der Waals surface area (Å²) in [4.78, 5) is 41.2. The van der Waals surface area contributed by atoms with Gasteiger partial charge in [-0.05, 0) is 57.5 Å². The summed E-state index contributed by atoms with van der Waals surface area (Å²) in [5.74, 6) is 0.411. The van der Waals surface area contributed by atoms with Crippen LogP contribution in [0.3, 0.4) is 0 Å². The molecule has 2 amide bonds. The van der Waals surface area contributed by atoms with Gasteiger partial charge in [0, 0.05) is 35.7 Å². The lowest BCUT2D eigenvalue weighted by Gasteiger charge is -2.21. The van der Waals surface area contributed by atoms with Gasteiger partial charge < -0.3 is 15.5 Å². The van der Waals surface area contributed by atoms with Gasteiger partial charge in [0.1, 0.15) is 11.5 Å². The van der Waals surface area contributed by atoms with Crippen molar-refractivity contribution in [3.05, 3.63) is 53.3 Å². The highest BCUT2D eigenvalue weighted by Crippen LogP contribution is 2.30. The summed E-state index contributed by atoms with van der Waals surface area (Å²) in [6, 6.07) is 10.1. The molecule has 0 bridgehead atoms. The fraction of sp³-hybridized carbons (Fsp3) is 0.400. The van der Waals surface area contributed by atoms with E-state index in [-0.39, 0.29) is 29.7 Å². The second-order valence-electron chi connectivity index (χ2n) is 9.15. The van der Waals surface area contributed by atoms with E-state index in [0.29, 0.717) is 24.6 Å². The Kier molecular flexibility index (Phi) is 6.10. The van der Waals surface area contributed by atoms with Gasteiger partial charge in [-0.3, -0.25) is 19.9 Å². The largest absolute Gasteiger partial charge is 0.365 e. The minimum atomic E-state index is -0.139. The Morgan fingerprint density at radius 3 is 2.79 bits per heavy atom. The van der Waals surface area contributed by atoms with E-state index in [1.165, 1.54) is 0 Å². The molecule has 176 valence electrons. The first-order valence-corrected chi connectivity index (χ1v) is 11.8. The summed E-state index contributed by atoms with van der Waals surface area (Å²) < 4.78 is 0. The van der Waals surface area contributed by atoms with E-state index in [4.69, 9.17) is 0 Å². The maximum Gasteiger partial charge on any atom is 0.273 e. The molecule has 2 aliphatic rings. The Morgan fingerprint density at radius 2 is 2.00 bits per heavy atom. The monoisotopic (exact) mass is 459 g/mol. The van der Waals surface area contributed by atoms with Gasteiger partial charge in [0.25, 0.3) is 5.91 Å². The Labute approximate surface area is 198 Å². The number of hydrogen-bond donors (Lipinski definition) is 3. The summed E-state index contributed by atoms with van der Waals surface area (Å²) >= 11 is 0. The average molecular weight is 460 g/mol. The molecule has 0 spiro atoms. The number of nitrogens with zero attached hydrogens (tertiary/aromatic N) is 4. The molecule has 1 aromatic carbocycles. The zero-order valence-corrected chi connectivity index (χ0v) is 19.5. The van der Waals surface area contributed by atoms with E-state index in [2.05, 4.69) is 37.0 Å². The molecule has 0 atom stereocenters. The summed E-state index contributed by atoms with van der Waals surface area (Å²) in [7, 11) is 0. The third-order valence-corrected chi connectivity index (χ3v) is 6.47. The highest BCUT2D eigenvalue weighted by molar-refractivity contribution is 5.99. The van der Waals surface area contributed by atoms with Crippen molar-refractivity contribution in [1.29, 1.82) is 0 Å². The first-order chi connectivity index (χ1) is 16.5. The van der Waals surface area contributed by atoms with E-state index in [9.17, 15) is 9.59 Å². The van der Waals surface area contributed by atoms with Crippen LogP contribution in [0.25, 0.3) is 10.9 Å². The van der Waals surface area contributed by atoms with Crippen molar-refractivity contribution in [1.82, 2.24) is 25.2 Å². The smallest absolute Gasteiger partial charge is 0.273 e. The maximum atomic E-state index is 13.0. The Morgan fingerprint density at radius 1 is 1.21 bits per heavy atom. The summed E-state index contributed by atoms with van der Waals surface area (Å²) in [5.41, 5.74) is 3.04. The molecule has 0 saturated carbocycles. The van der Waals surface area contributed by atoms with Crippen LogP contribution in [0.1, 0.15) is 48.3 Å². The number of anilines is 2. The fourth-order valence-corrected chi connectivity index (χ4v) is 4.50. The van der Waals surface area contributed by atoms with Crippen molar-refractivity contribution in [2.75, 3.05) is 23.7 Å². The SMILES string of the molecule is CC(C)N1Cc2c(NCc3cnc4ccccc4c3)nc(NC(=O)C3CCNCC3)nc2C1=O. The van der Waals surface area contributed by atoms with Crippen LogP contribution in [0.4, 0.5) is 11.8 Å². The Hall–Kier alpha value is -3.59. The maximum absolute atomic E-state index is 13.0. The van der Waals surface area contributed by atoms with E-state index < -0.39 is 0 Å². The van der Waals surface area contributed by atoms with E-state index in [1.807, 2.05) is 44.3 Å². The van der Waals surface area contributed by atoms with Crippen molar-refractivity contribution in [3.63, 3.8) is 0 Å². The van der Waals surface area contributed by atoms with Crippen LogP contribution in [-0.4, -0.2) is 50.8 Å². The third-order valence-electron chi connectivity index (χ3n) is 6.47. The highest BCUT2D eigenvalue weighted by Gasteiger charge is 2.34. The molecule has 9 heteroatoms. The van der Waals surface area contributed by atoms with Gasteiger partial charge in [-0.25, -0.2) is 4.98 Å². The quantitative estimate of drug-likeness (QED) is 0.520. The fourth-order valence-electron chi connectivity index (χ4n) is 4.50. The van der Waals surface area contributed by atoms with Gasteiger partial charge in [0.15, 0.2) is 0 Å². The van der Waals surface area contributed by atoms with Crippen molar-refractivity contribution < 1.29 is 9.59 Å². The van der Waals surface area contributed by atoms with Crippen molar-refractivity contribution >= 4 is 34.5 Å². The highest BCUT2D eigenvalue weighted by atomic mass is 16.2. The van der Waals surface area contributed by atoms with Crippen LogP contribution in [0.5, 0.6) is 0 Å². The molecule has 3 N–H and O–H groups in total. The van der Waals surface area contributed by atoms with E-state index >= 15 is 0 Å². The van der Waals surface area contributed by atoms with E-state index in [0.717, 1.165) is 48.0 Å². The number of benzene rings is 1. The van der Waals surface area contributed by atoms with Crippen LogP contribution in [0, 0.1) is 5.92 Å². The summed E-state index contributed by atoms with van der Waals surface area (Å²) in [6.07, 6.45) is 3.38. The molecular weight excluding hydrogens is 430 g/mol. The topological polar surface area (TPSA) is 112 Å². The number of aromatic nitrogens is 3. The van der Waals surface area contributed by atoms with Gasteiger partial charge >= 0.3 is 0 Å². The first kappa shape index (κ1) is 22.2. The molecule has 0 unspecified atom stereocenters. The molecule has 9 nitrogen and oxygen atoms in total. The molecular formula is C25H29N7O2. The van der Waals surface area contributed by atoms with Crippen molar-refractivity contribution in [2.24, 2.45) is 5.92 Å². The summed E-state index contributed by atoms with van der Waals surface area (Å²) in [6.45, 7) is 6.51. The van der Waals surface area contributed by atoms with Crippen molar-refractivity contribution in [2.45, 2.75) is 45.8 Å². The van der Waals surface area contributed by atoms with Crippen LogP contribution >= 0.6 is 0 Å². The predicted molar refractivity (Wildman–Crippen MR) is 130 cm³/mol. The summed E-state index contributed by atoms with van der Waals surface area (Å²) in [5, 5.41) is 10.6. The standard InChI is InChI=1S/C25H29N7O2/c1-15(2)32-14-19-21(24(32)34)29-25(31-23(33)17-7-9-26-10-8-17)30-22(19)28-13-16-11-18-5-3-4-6-20(18)27-12-16/h3-6,11-12,15,17,26H,7-10,13-14H2,1-2H3,(H2,28,29,30,31,33). The molecule has 1 fully saturated rings. The van der Waals surface area contributed by atoms with Crippen LogP contribution in [-0.2, 0) is 17.9 Å². The molecule has 2 aliphatic heterocycles. The minimum Gasteiger partial charge on any atom is -0.365 e.